The van der Waals surface area contributed by atoms with Crippen molar-refractivity contribution < 1.29 is 4.57 Å². The number of nitrogens with one attached hydrogen (secondary N) is 1. The van der Waals surface area contributed by atoms with Gasteiger partial charge in [-0.15, -0.1) is 0 Å². The second-order valence-corrected chi connectivity index (χ2v) is 5.01. The summed E-state index contributed by atoms with van der Waals surface area (Å²) in [6.07, 6.45) is 1.13. The van der Waals surface area contributed by atoms with E-state index in [1.54, 1.807) is 0 Å². The first kappa shape index (κ1) is 12.0. The fourth-order valence-corrected chi connectivity index (χ4v) is 2.61. The number of imidazole rings is 1. The molecular formula is C17H19N2+. The number of aryl methyl sites for hydroxylation is 2. The van der Waals surface area contributed by atoms with Gasteiger partial charge in [0.05, 0.1) is 12.1 Å². The Morgan fingerprint density at radius 3 is 2.68 bits per heavy atom. The monoisotopic (exact) mass is 251 g/mol. The highest BCUT2D eigenvalue weighted by atomic mass is 15.1. The minimum absolute atomic E-state index is 1.04. The number of aromatic amines is 1. The summed E-state index contributed by atoms with van der Waals surface area (Å²) in [4.78, 5) is 3.56. The normalized spacial score (nSPS) is 11.1. The summed E-state index contributed by atoms with van der Waals surface area (Å²) >= 11 is 0. The topological polar surface area (TPSA) is 19.7 Å². The quantitative estimate of drug-likeness (QED) is 0.682. The van der Waals surface area contributed by atoms with Gasteiger partial charge in [0.1, 0.15) is 0 Å². The maximum atomic E-state index is 3.56. The van der Waals surface area contributed by atoms with Crippen LogP contribution in [-0.2, 0) is 6.54 Å². The number of fused-ring (bicyclic) bond motifs is 1. The second-order valence-electron chi connectivity index (χ2n) is 5.01. The van der Waals surface area contributed by atoms with Gasteiger partial charge >= 0.3 is 0 Å². The molecule has 3 rings (SSSR count). The van der Waals surface area contributed by atoms with Gasteiger partial charge in [-0.1, -0.05) is 36.8 Å². The van der Waals surface area contributed by atoms with E-state index >= 15 is 0 Å². The maximum absolute atomic E-state index is 3.56. The van der Waals surface area contributed by atoms with Crippen molar-refractivity contribution in [1.29, 1.82) is 0 Å². The molecule has 0 aliphatic carbocycles. The van der Waals surface area contributed by atoms with Crippen molar-refractivity contribution in [2.24, 2.45) is 0 Å². The van der Waals surface area contributed by atoms with Crippen molar-refractivity contribution in [3.05, 3.63) is 54.1 Å². The lowest BCUT2D eigenvalue weighted by atomic mass is 10.1. The number of nitrogens with zero attached hydrogens (tertiary/aromatic N) is 1. The van der Waals surface area contributed by atoms with Gasteiger partial charge in [-0.25, -0.2) is 9.55 Å². The summed E-state index contributed by atoms with van der Waals surface area (Å²) in [5, 5.41) is 0. The molecule has 2 nitrogen and oxygen atoms in total. The molecule has 0 fully saturated rings. The summed E-state index contributed by atoms with van der Waals surface area (Å²) in [7, 11) is 0. The van der Waals surface area contributed by atoms with Gasteiger partial charge in [0.2, 0.25) is 0 Å². The molecule has 1 heterocycles. The minimum atomic E-state index is 1.04. The van der Waals surface area contributed by atoms with Gasteiger partial charge < -0.3 is 0 Å². The third-order valence-corrected chi connectivity index (χ3v) is 3.46. The number of rotatable bonds is 3. The highest BCUT2D eigenvalue weighted by Crippen LogP contribution is 2.19. The Hall–Kier alpha value is -2.09. The molecule has 0 saturated carbocycles. The van der Waals surface area contributed by atoms with Crippen LogP contribution in [0.5, 0.6) is 0 Å². The van der Waals surface area contributed by atoms with Crippen LogP contribution in [0.1, 0.15) is 18.9 Å². The van der Waals surface area contributed by atoms with Crippen LogP contribution in [0.15, 0.2) is 48.5 Å². The average molecular weight is 251 g/mol. The molecule has 2 aromatic carbocycles. The number of para-hydroxylation sites is 2. The molecule has 1 aromatic heterocycles. The Balaban J connectivity index is 2.25. The average Bonchev–Trinajstić information content (AvgIpc) is 2.79. The summed E-state index contributed by atoms with van der Waals surface area (Å²) in [6.45, 7) is 5.39. The molecule has 96 valence electrons. The molecule has 3 aromatic rings. The van der Waals surface area contributed by atoms with Crippen molar-refractivity contribution >= 4 is 11.0 Å². The number of H-pyrrole nitrogens is 1. The van der Waals surface area contributed by atoms with Gasteiger partial charge in [-0.3, -0.25) is 0 Å². The molecule has 0 bridgehead atoms. The summed E-state index contributed by atoms with van der Waals surface area (Å²) in [5.41, 5.74) is 5.03. The lowest BCUT2D eigenvalue weighted by molar-refractivity contribution is -0.660. The molecule has 0 amide bonds. The van der Waals surface area contributed by atoms with Gasteiger partial charge in [-0.05, 0) is 37.6 Å². The van der Waals surface area contributed by atoms with Gasteiger partial charge in [-0.2, -0.15) is 0 Å². The number of aromatic nitrogens is 2. The Morgan fingerprint density at radius 2 is 1.89 bits per heavy atom. The van der Waals surface area contributed by atoms with Crippen LogP contribution in [0.25, 0.3) is 22.4 Å². The first-order valence-corrected chi connectivity index (χ1v) is 6.87. The molecule has 0 saturated heterocycles. The van der Waals surface area contributed by atoms with Crippen LogP contribution in [-0.4, -0.2) is 4.98 Å². The van der Waals surface area contributed by atoms with E-state index < -0.39 is 0 Å². The molecule has 0 atom stereocenters. The molecular weight excluding hydrogens is 232 g/mol. The molecule has 0 radical (unpaired) electrons. The van der Waals surface area contributed by atoms with Crippen molar-refractivity contribution in [2.45, 2.75) is 26.8 Å². The lowest BCUT2D eigenvalue weighted by Gasteiger charge is -2.01. The zero-order valence-corrected chi connectivity index (χ0v) is 11.5. The highest BCUT2D eigenvalue weighted by molar-refractivity contribution is 5.74. The van der Waals surface area contributed by atoms with Crippen molar-refractivity contribution in [3.63, 3.8) is 0 Å². The molecule has 0 unspecified atom stereocenters. The predicted octanol–water partition coefficient (Wildman–Crippen LogP) is 3.84. The maximum Gasteiger partial charge on any atom is 0.287 e. The second kappa shape index (κ2) is 4.88. The van der Waals surface area contributed by atoms with Crippen molar-refractivity contribution in [3.8, 4) is 11.4 Å². The van der Waals surface area contributed by atoms with Crippen molar-refractivity contribution in [2.75, 3.05) is 0 Å². The third kappa shape index (κ3) is 2.14. The zero-order valence-electron chi connectivity index (χ0n) is 11.5. The minimum Gasteiger partial charge on any atom is -0.236 e. The van der Waals surface area contributed by atoms with E-state index in [-0.39, 0.29) is 0 Å². The Bertz CT molecular complexity index is 710. The smallest absolute Gasteiger partial charge is 0.236 e. The van der Waals surface area contributed by atoms with E-state index in [0.717, 1.165) is 13.0 Å². The van der Waals surface area contributed by atoms with Gasteiger partial charge in [0, 0.05) is 0 Å². The van der Waals surface area contributed by atoms with E-state index in [4.69, 9.17) is 0 Å². The summed E-state index contributed by atoms with van der Waals surface area (Å²) in [5.74, 6) is 1.20. The number of benzene rings is 2. The van der Waals surface area contributed by atoms with Gasteiger partial charge in [0.25, 0.3) is 5.82 Å². The summed E-state index contributed by atoms with van der Waals surface area (Å²) in [6, 6.07) is 17.2. The first-order chi connectivity index (χ1) is 9.29. The third-order valence-electron chi connectivity index (χ3n) is 3.46. The first-order valence-electron chi connectivity index (χ1n) is 6.87. The zero-order chi connectivity index (χ0) is 13.2. The van der Waals surface area contributed by atoms with Crippen molar-refractivity contribution in [1.82, 2.24) is 4.98 Å². The van der Waals surface area contributed by atoms with Crippen LogP contribution in [0.3, 0.4) is 0 Å². The Labute approximate surface area is 113 Å². The fraction of sp³-hybridized carbons (Fsp3) is 0.235. The Morgan fingerprint density at radius 1 is 1.05 bits per heavy atom. The molecule has 1 N–H and O–H groups in total. The fourth-order valence-electron chi connectivity index (χ4n) is 2.61. The Kier molecular flexibility index (Phi) is 3.08. The molecule has 0 spiro atoms. The number of hydrogen-bond acceptors (Lipinski definition) is 0. The van der Waals surface area contributed by atoms with E-state index in [1.165, 1.54) is 28.0 Å². The lowest BCUT2D eigenvalue weighted by Crippen LogP contribution is -2.34. The van der Waals surface area contributed by atoms with Crippen LogP contribution < -0.4 is 4.57 Å². The SMILES string of the molecule is CCC[n+]1c(-c2cccc(C)c2)[nH]c2ccccc21. The standard InChI is InChI=1S/C17H18N2/c1-3-11-19-16-10-5-4-9-15(16)18-17(19)14-8-6-7-13(2)12-14/h4-10,12H,3,11H2,1-2H3/p+1. The van der Waals surface area contributed by atoms with Gasteiger partial charge in [0.15, 0.2) is 11.0 Å². The van der Waals surface area contributed by atoms with Crippen LogP contribution >= 0.6 is 0 Å². The highest BCUT2D eigenvalue weighted by Gasteiger charge is 2.18. The van der Waals surface area contributed by atoms with Crippen LogP contribution in [0.2, 0.25) is 0 Å². The van der Waals surface area contributed by atoms with E-state index in [0.29, 0.717) is 0 Å². The summed E-state index contributed by atoms with van der Waals surface area (Å²) < 4.78 is 2.38. The largest absolute Gasteiger partial charge is 0.287 e. The van der Waals surface area contributed by atoms with Crippen LogP contribution in [0.4, 0.5) is 0 Å². The van der Waals surface area contributed by atoms with E-state index in [9.17, 15) is 0 Å². The molecule has 0 aliphatic rings. The predicted molar refractivity (Wildman–Crippen MR) is 79.0 cm³/mol. The van der Waals surface area contributed by atoms with E-state index in [1.807, 2.05) is 0 Å². The van der Waals surface area contributed by atoms with Crippen LogP contribution in [0, 0.1) is 6.92 Å². The molecule has 2 heteroatoms. The molecule has 19 heavy (non-hydrogen) atoms. The van der Waals surface area contributed by atoms with E-state index in [2.05, 4.69) is 71.9 Å². The number of hydrogen-bond donors (Lipinski definition) is 1. The molecule has 0 aliphatic heterocycles.